The molecule has 2 fully saturated rings. The molecule has 0 saturated heterocycles. The summed E-state index contributed by atoms with van der Waals surface area (Å²) in [6.07, 6.45) is 12.6. The Bertz CT molecular complexity index is 579. The summed E-state index contributed by atoms with van der Waals surface area (Å²) in [5.74, 6) is -0.862. The lowest BCUT2D eigenvalue weighted by molar-refractivity contribution is -0.136. The molecule has 2 aliphatic carbocycles. The number of fused-ring (bicyclic) bond motifs is 1. The molecule has 0 unspecified atom stereocenters. The molecule has 1 heterocycles. The Morgan fingerprint density at radius 1 is 1.09 bits per heavy atom. The number of hydrogen-bond donors (Lipinski definition) is 1. The molecule has 0 amide bonds. The summed E-state index contributed by atoms with van der Waals surface area (Å²) in [6.45, 7) is 0. The van der Waals surface area contributed by atoms with E-state index in [1.54, 1.807) is 0 Å². The van der Waals surface area contributed by atoms with E-state index in [2.05, 4.69) is 6.08 Å². The van der Waals surface area contributed by atoms with E-state index in [0.717, 1.165) is 38.5 Å². The fourth-order valence-corrected chi connectivity index (χ4v) is 4.84. The van der Waals surface area contributed by atoms with Crippen LogP contribution in [-0.2, 0) is 19.1 Å². The molecule has 0 aromatic carbocycles. The van der Waals surface area contributed by atoms with Crippen molar-refractivity contribution in [1.82, 2.24) is 0 Å². The second-order valence-electron chi connectivity index (χ2n) is 7.09. The maximum absolute atomic E-state index is 12.4. The maximum atomic E-state index is 12.4. The highest BCUT2D eigenvalue weighted by Crippen LogP contribution is 2.50. The first kappa shape index (κ1) is 16.0. The summed E-state index contributed by atoms with van der Waals surface area (Å²) in [5.41, 5.74) is 4.88. The third-order valence-corrected chi connectivity index (χ3v) is 7.38. The molecule has 3 aliphatic rings. The molecule has 6 heteroatoms. The normalized spacial score (nSPS) is 39.0. The van der Waals surface area contributed by atoms with Crippen LogP contribution in [0.2, 0.25) is 0 Å². The number of rotatable bonds is 0. The van der Waals surface area contributed by atoms with Crippen LogP contribution in [0.3, 0.4) is 0 Å². The lowest BCUT2D eigenvalue weighted by Gasteiger charge is -2.17. The van der Waals surface area contributed by atoms with Crippen LogP contribution in [0.4, 0.5) is 0 Å². The molecular formula is C16H25NO4S. The second kappa shape index (κ2) is 5.64. The number of hydrogen-bond acceptors (Lipinski definition) is 5. The van der Waals surface area contributed by atoms with Crippen molar-refractivity contribution >= 4 is 16.1 Å². The quantitative estimate of drug-likeness (QED) is 0.545. The molecule has 0 aromatic heterocycles. The van der Waals surface area contributed by atoms with Gasteiger partial charge in [0.2, 0.25) is 0 Å². The van der Waals surface area contributed by atoms with Crippen molar-refractivity contribution in [3.05, 3.63) is 12.2 Å². The van der Waals surface area contributed by atoms with Crippen molar-refractivity contribution in [1.29, 1.82) is 0 Å². The fraction of sp³-hybridized carbons (Fsp3) is 0.812. The third kappa shape index (κ3) is 2.95. The Morgan fingerprint density at radius 3 is 2.50 bits per heavy atom. The van der Waals surface area contributed by atoms with Crippen LogP contribution in [0.5, 0.6) is 0 Å². The SMILES string of the molecule is N[C@]12C[C@H]1/C=C/CCCCCCCC1(CC1)S(=O)(=O)OC2=O. The number of nitrogens with two attached hydrogens (primary N) is 1. The molecule has 1 aliphatic heterocycles. The fourth-order valence-electron chi connectivity index (χ4n) is 3.31. The van der Waals surface area contributed by atoms with Crippen molar-refractivity contribution < 1.29 is 17.4 Å². The van der Waals surface area contributed by atoms with Gasteiger partial charge in [0.25, 0.3) is 0 Å². The van der Waals surface area contributed by atoms with Crippen LogP contribution in [0, 0.1) is 5.92 Å². The molecule has 0 radical (unpaired) electrons. The van der Waals surface area contributed by atoms with Gasteiger partial charge in [0.05, 0.1) is 0 Å². The molecule has 0 aromatic rings. The van der Waals surface area contributed by atoms with E-state index in [-0.39, 0.29) is 5.92 Å². The van der Waals surface area contributed by atoms with Crippen molar-refractivity contribution in [2.24, 2.45) is 11.7 Å². The standard InChI is InChI=1S/C16H25NO4S/c17-16-12-13(16)8-6-4-2-1-3-5-7-9-15(10-11-15)22(19,20)21-14(16)18/h6,8,13H,1-5,7,9-12,17H2/b8-6+/t13-,16-/m1/s1. The van der Waals surface area contributed by atoms with Gasteiger partial charge in [-0.2, -0.15) is 8.42 Å². The van der Waals surface area contributed by atoms with Crippen LogP contribution < -0.4 is 5.73 Å². The molecule has 2 atom stereocenters. The van der Waals surface area contributed by atoms with E-state index in [9.17, 15) is 13.2 Å². The van der Waals surface area contributed by atoms with Crippen LogP contribution in [-0.4, -0.2) is 24.7 Å². The first-order valence-electron chi connectivity index (χ1n) is 8.34. The van der Waals surface area contributed by atoms with Gasteiger partial charge in [-0.05, 0) is 38.5 Å². The number of carbonyl (C=O) groups excluding carboxylic acids is 1. The van der Waals surface area contributed by atoms with Crippen molar-refractivity contribution in [3.8, 4) is 0 Å². The molecule has 2 N–H and O–H groups in total. The van der Waals surface area contributed by atoms with Gasteiger partial charge < -0.3 is 9.92 Å². The predicted molar refractivity (Wildman–Crippen MR) is 83.5 cm³/mol. The molecule has 22 heavy (non-hydrogen) atoms. The minimum atomic E-state index is -3.85. The topological polar surface area (TPSA) is 86.5 Å². The largest absolute Gasteiger partial charge is 0.343 e. The zero-order valence-corrected chi connectivity index (χ0v) is 13.7. The summed E-state index contributed by atoms with van der Waals surface area (Å²) in [6, 6.07) is 0. The summed E-state index contributed by atoms with van der Waals surface area (Å²) >= 11 is 0. The summed E-state index contributed by atoms with van der Waals surface area (Å²) < 4.78 is 29.0. The van der Waals surface area contributed by atoms with Gasteiger partial charge in [0.1, 0.15) is 10.3 Å². The maximum Gasteiger partial charge on any atom is 0.342 e. The Morgan fingerprint density at radius 2 is 1.77 bits per heavy atom. The summed E-state index contributed by atoms with van der Waals surface area (Å²) in [5, 5.41) is 0. The summed E-state index contributed by atoms with van der Waals surface area (Å²) in [7, 11) is -3.85. The Hall–Kier alpha value is -0.880. The van der Waals surface area contributed by atoms with Crippen LogP contribution >= 0.6 is 0 Å². The second-order valence-corrected chi connectivity index (χ2v) is 9.03. The van der Waals surface area contributed by atoms with E-state index in [1.807, 2.05) is 6.08 Å². The van der Waals surface area contributed by atoms with Gasteiger partial charge in [0.15, 0.2) is 0 Å². The minimum absolute atomic E-state index is 0.0875. The molecule has 2 saturated carbocycles. The smallest absolute Gasteiger partial charge is 0.342 e. The van der Waals surface area contributed by atoms with E-state index in [1.165, 1.54) is 0 Å². The van der Waals surface area contributed by atoms with E-state index in [0.29, 0.717) is 25.7 Å². The monoisotopic (exact) mass is 327 g/mol. The Balaban J connectivity index is 1.75. The molecule has 5 nitrogen and oxygen atoms in total. The molecule has 1 spiro atoms. The first-order chi connectivity index (χ1) is 10.4. The average molecular weight is 327 g/mol. The van der Waals surface area contributed by atoms with Crippen LogP contribution in [0.25, 0.3) is 0 Å². The van der Waals surface area contributed by atoms with E-state index in [4.69, 9.17) is 9.92 Å². The van der Waals surface area contributed by atoms with Gasteiger partial charge >= 0.3 is 16.1 Å². The highest BCUT2D eigenvalue weighted by molar-refractivity contribution is 7.88. The van der Waals surface area contributed by atoms with Crippen LogP contribution in [0.1, 0.15) is 64.2 Å². The zero-order chi connectivity index (χ0) is 15.8. The molecule has 0 bridgehead atoms. The first-order valence-corrected chi connectivity index (χ1v) is 9.75. The van der Waals surface area contributed by atoms with Crippen LogP contribution in [0.15, 0.2) is 12.2 Å². The minimum Gasteiger partial charge on any atom is -0.343 e. The van der Waals surface area contributed by atoms with Gasteiger partial charge in [-0.1, -0.05) is 37.8 Å². The predicted octanol–water partition coefficient (Wildman–Crippen LogP) is 2.41. The number of allylic oxidation sites excluding steroid dienone is 1. The average Bonchev–Trinajstić information content (AvgIpc) is 3.34. The highest BCUT2D eigenvalue weighted by atomic mass is 32.2. The lowest BCUT2D eigenvalue weighted by Crippen LogP contribution is -2.40. The zero-order valence-electron chi connectivity index (χ0n) is 12.9. The molecular weight excluding hydrogens is 302 g/mol. The number of carbonyl (C=O) groups is 1. The Labute approximate surface area is 132 Å². The third-order valence-electron chi connectivity index (χ3n) is 5.33. The van der Waals surface area contributed by atoms with E-state index < -0.39 is 26.4 Å². The Kier molecular flexibility index (Phi) is 4.10. The molecule has 124 valence electrons. The van der Waals surface area contributed by atoms with Gasteiger partial charge in [-0.3, -0.25) is 0 Å². The van der Waals surface area contributed by atoms with E-state index >= 15 is 0 Å². The molecule has 3 rings (SSSR count). The summed E-state index contributed by atoms with van der Waals surface area (Å²) in [4.78, 5) is 12.2. The van der Waals surface area contributed by atoms with Gasteiger partial charge in [-0.15, -0.1) is 0 Å². The highest BCUT2D eigenvalue weighted by Gasteiger charge is 2.61. The van der Waals surface area contributed by atoms with Gasteiger partial charge in [0, 0.05) is 5.92 Å². The van der Waals surface area contributed by atoms with Gasteiger partial charge in [-0.25, -0.2) is 4.79 Å². The van der Waals surface area contributed by atoms with Crippen molar-refractivity contribution in [2.75, 3.05) is 0 Å². The van der Waals surface area contributed by atoms with Crippen molar-refractivity contribution in [3.63, 3.8) is 0 Å². The lowest BCUT2D eigenvalue weighted by atomic mass is 10.1. The van der Waals surface area contributed by atoms with Crippen molar-refractivity contribution in [2.45, 2.75) is 74.5 Å².